The molecule has 3 atom stereocenters. The molecule has 2 nitrogen and oxygen atoms in total. The van der Waals surface area contributed by atoms with E-state index in [0.717, 1.165) is 12.5 Å². The van der Waals surface area contributed by atoms with Gasteiger partial charge in [-0.2, -0.15) is 0 Å². The molecule has 0 aromatic carbocycles. The standard InChI is InChI=1S/C17H36N2/c1-6-8-9-12-16(18-7-2)17(19(4)5)13-10-11-15(3)14-17/h15-16,18H,6-14H2,1-5H3. The van der Waals surface area contributed by atoms with Crippen LogP contribution in [0.5, 0.6) is 0 Å². The van der Waals surface area contributed by atoms with Gasteiger partial charge in [0.1, 0.15) is 0 Å². The second kappa shape index (κ2) is 8.26. The van der Waals surface area contributed by atoms with Gasteiger partial charge in [0, 0.05) is 11.6 Å². The summed E-state index contributed by atoms with van der Waals surface area (Å²) in [5, 5.41) is 3.81. The Kier molecular flexibility index (Phi) is 7.38. The Balaban J connectivity index is 2.78. The van der Waals surface area contributed by atoms with Crippen LogP contribution in [0.3, 0.4) is 0 Å². The van der Waals surface area contributed by atoms with Crippen LogP contribution < -0.4 is 5.32 Å². The quantitative estimate of drug-likeness (QED) is 0.668. The van der Waals surface area contributed by atoms with Gasteiger partial charge < -0.3 is 10.2 Å². The predicted octanol–water partition coefficient (Wildman–Crippen LogP) is 4.06. The van der Waals surface area contributed by atoms with E-state index < -0.39 is 0 Å². The second-order valence-electron chi connectivity index (χ2n) is 6.81. The summed E-state index contributed by atoms with van der Waals surface area (Å²) in [6.07, 6.45) is 11.0. The first-order valence-electron chi connectivity index (χ1n) is 8.47. The van der Waals surface area contributed by atoms with Crippen LogP contribution in [0.4, 0.5) is 0 Å². The van der Waals surface area contributed by atoms with Crippen molar-refractivity contribution in [2.24, 2.45) is 5.92 Å². The molecule has 0 aromatic rings. The Hall–Kier alpha value is -0.0800. The third-order valence-corrected chi connectivity index (χ3v) is 5.09. The summed E-state index contributed by atoms with van der Waals surface area (Å²) in [6.45, 7) is 8.09. The van der Waals surface area contributed by atoms with Crippen LogP contribution in [0.2, 0.25) is 0 Å². The Morgan fingerprint density at radius 1 is 1.26 bits per heavy atom. The normalized spacial score (nSPS) is 29.7. The van der Waals surface area contributed by atoms with Gasteiger partial charge in [-0.15, -0.1) is 0 Å². The largest absolute Gasteiger partial charge is 0.312 e. The molecule has 0 spiro atoms. The molecule has 3 unspecified atom stereocenters. The fourth-order valence-electron chi connectivity index (χ4n) is 4.00. The van der Waals surface area contributed by atoms with Crippen molar-refractivity contribution in [3.05, 3.63) is 0 Å². The van der Waals surface area contributed by atoms with Crippen molar-refractivity contribution in [2.45, 2.75) is 83.7 Å². The van der Waals surface area contributed by atoms with Gasteiger partial charge in [0.15, 0.2) is 0 Å². The average molecular weight is 268 g/mol. The highest BCUT2D eigenvalue weighted by molar-refractivity contribution is 5.01. The molecular formula is C17H36N2. The molecule has 0 amide bonds. The van der Waals surface area contributed by atoms with E-state index in [-0.39, 0.29) is 0 Å². The van der Waals surface area contributed by atoms with Gasteiger partial charge in [0.25, 0.3) is 0 Å². The smallest absolute Gasteiger partial charge is 0.0358 e. The van der Waals surface area contributed by atoms with Crippen LogP contribution in [0.1, 0.15) is 72.1 Å². The van der Waals surface area contributed by atoms with Gasteiger partial charge in [-0.05, 0) is 45.8 Å². The molecule has 0 heterocycles. The monoisotopic (exact) mass is 268 g/mol. The van der Waals surface area contributed by atoms with Crippen molar-refractivity contribution in [1.29, 1.82) is 0 Å². The van der Waals surface area contributed by atoms with Crippen molar-refractivity contribution >= 4 is 0 Å². The number of hydrogen-bond donors (Lipinski definition) is 1. The lowest BCUT2D eigenvalue weighted by Crippen LogP contribution is -2.60. The first-order valence-corrected chi connectivity index (χ1v) is 8.47. The fourth-order valence-corrected chi connectivity index (χ4v) is 4.00. The lowest BCUT2D eigenvalue weighted by atomic mass is 9.70. The Bertz CT molecular complexity index is 239. The maximum atomic E-state index is 3.81. The van der Waals surface area contributed by atoms with E-state index in [1.807, 2.05) is 0 Å². The third-order valence-electron chi connectivity index (χ3n) is 5.09. The molecule has 1 fully saturated rings. The van der Waals surface area contributed by atoms with E-state index in [2.05, 4.69) is 45.1 Å². The lowest BCUT2D eigenvalue weighted by Gasteiger charge is -2.50. The number of nitrogens with one attached hydrogen (secondary N) is 1. The minimum absolute atomic E-state index is 0.390. The van der Waals surface area contributed by atoms with Gasteiger partial charge in [-0.3, -0.25) is 0 Å². The Labute approximate surface area is 121 Å². The highest BCUT2D eigenvalue weighted by atomic mass is 15.2. The summed E-state index contributed by atoms with van der Waals surface area (Å²) < 4.78 is 0. The summed E-state index contributed by atoms with van der Waals surface area (Å²) in [5.41, 5.74) is 0.390. The maximum Gasteiger partial charge on any atom is 0.0358 e. The second-order valence-corrected chi connectivity index (χ2v) is 6.81. The van der Waals surface area contributed by atoms with Crippen molar-refractivity contribution in [2.75, 3.05) is 20.6 Å². The molecule has 114 valence electrons. The highest BCUT2D eigenvalue weighted by Crippen LogP contribution is 2.39. The van der Waals surface area contributed by atoms with E-state index in [9.17, 15) is 0 Å². The van der Waals surface area contributed by atoms with Gasteiger partial charge in [-0.1, -0.05) is 52.9 Å². The Morgan fingerprint density at radius 2 is 2.00 bits per heavy atom. The van der Waals surface area contributed by atoms with Crippen LogP contribution in [-0.2, 0) is 0 Å². The minimum Gasteiger partial charge on any atom is -0.312 e. The van der Waals surface area contributed by atoms with E-state index in [0.29, 0.717) is 11.6 Å². The van der Waals surface area contributed by atoms with Gasteiger partial charge in [-0.25, -0.2) is 0 Å². The molecule has 0 aliphatic heterocycles. The zero-order valence-electron chi connectivity index (χ0n) is 14.0. The molecule has 19 heavy (non-hydrogen) atoms. The lowest BCUT2D eigenvalue weighted by molar-refractivity contribution is 0.0340. The molecule has 1 aliphatic rings. The number of unbranched alkanes of at least 4 members (excludes halogenated alkanes) is 2. The van der Waals surface area contributed by atoms with E-state index in [1.54, 1.807) is 0 Å². The summed E-state index contributed by atoms with van der Waals surface area (Å²) in [5.74, 6) is 0.878. The van der Waals surface area contributed by atoms with E-state index in [4.69, 9.17) is 0 Å². The Morgan fingerprint density at radius 3 is 2.53 bits per heavy atom. The van der Waals surface area contributed by atoms with E-state index >= 15 is 0 Å². The zero-order chi connectivity index (χ0) is 14.3. The molecule has 1 rings (SSSR count). The minimum atomic E-state index is 0.390. The molecule has 0 radical (unpaired) electrons. The highest BCUT2D eigenvalue weighted by Gasteiger charge is 2.42. The topological polar surface area (TPSA) is 15.3 Å². The first-order chi connectivity index (χ1) is 9.06. The third kappa shape index (κ3) is 4.46. The van der Waals surface area contributed by atoms with Crippen LogP contribution in [0, 0.1) is 5.92 Å². The number of nitrogens with zero attached hydrogens (tertiary/aromatic N) is 1. The summed E-state index contributed by atoms with van der Waals surface area (Å²) in [6, 6.07) is 0.668. The summed E-state index contributed by atoms with van der Waals surface area (Å²) >= 11 is 0. The van der Waals surface area contributed by atoms with Gasteiger partial charge in [0.2, 0.25) is 0 Å². The average Bonchev–Trinajstić information content (AvgIpc) is 2.37. The number of likely N-dealkylation sites (N-methyl/N-ethyl adjacent to an activating group) is 2. The van der Waals surface area contributed by atoms with Crippen molar-refractivity contribution in [1.82, 2.24) is 10.2 Å². The zero-order valence-corrected chi connectivity index (χ0v) is 14.0. The molecule has 0 saturated heterocycles. The van der Waals surface area contributed by atoms with Crippen LogP contribution >= 0.6 is 0 Å². The summed E-state index contributed by atoms with van der Waals surface area (Å²) in [4.78, 5) is 2.53. The molecule has 1 saturated carbocycles. The van der Waals surface area contributed by atoms with E-state index in [1.165, 1.54) is 51.4 Å². The van der Waals surface area contributed by atoms with Gasteiger partial charge in [0.05, 0.1) is 0 Å². The van der Waals surface area contributed by atoms with Gasteiger partial charge >= 0.3 is 0 Å². The first kappa shape index (κ1) is 17.0. The van der Waals surface area contributed by atoms with Crippen molar-refractivity contribution in [3.63, 3.8) is 0 Å². The van der Waals surface area contributed by atoms with Crippen LogP contribution in [0.15, 0.2) is 0 Å². The van der Waals surface area contributed by atoms with Crippen molar-refractivity contribution < 1.29 is 0 Å². The SMILES string of the molecule is CCCCCC(NCC)C1(N(C)C)CCCC(C)C1. The molecule has 1 N–H and O–H groups in total. The molecule has 0 aromatic heterocycles. The molecule has 1 aliphatic carbocycles. The molecular weight excluding hydrogens is 232 g/mol. The maximum absolute atomic E-state index is 3.81. The number of rotatable bonds is 8. The van der Waals surface area contributed by atoms with Crippen LogP contribution in [0.25, 0.3) is 0 Å². The number of hydrogen-bond acceptors (Lipinski definition) is 2. The van der Waals surface area contributed by atoms with Crippen LogP contribution in [-0.4, -0.2) is 37.1 Å². The fraction of sp³-hybridized carbons (Fsp3) is 1.00. The van der Waals surface area contributed by atoms with Crippen molar-refractivity contribution in [3.8, 4) is 0 Å². The molecule has 2 heteroatoms. The molecule has 0 bridgehead atoms. The summed E-state index contributed by atoms with van der Waals surface area (Å²) in [7, 11) is 4.59. The predicted molar refractivity (Wildman–Crippen MR) is 85.7 cm³/mol.